The molecule has 100 valence electrons. The number of nitrogens with one attached hydrogen (secondary N) is 3. The quantitative estimate of drug-likeness (QED) is 0.688. The van der Waals surface area contributed by atoms with Crippen LogP contribution in [0.25, 0.3) is 0 Å². The van der Waals surface area contributed by atoms with Crippen molar-refractivity contribution >= 4 is 11.7 Å². The molecule has 0 aromatic carbocycles. The second-order valence-electron chi connectivity index (χ2n) is 3.79. The average Bonchev–Trinajstić information content (AvgIpc) is 2.93. The molecule has 0 aliphatic carbocycles. The van der Waals surface area contributed by atoms with Gasteiger partial charge in [-0.15, -0.1) is 10.2 Å². The fraction of sp³-hybridized carbons (Fsp3) is 0.400. The Labute approximate surface area is 109 Å². The van der Waals surface area contributed by atoms with Crippen LogP contribution < -0.4 is 10.6 Å². The maximum atomic E-state index is 12.0. The first-order valence-corrected chi connectivity index (χ1v) is 5.80. The van der Waals surface area contributed by atoms with Crippen molar-refractivity contribution in [2.45, 2.75) is 19.9 Å². The van der Waals surface area contributed by atoms with E-state index in [1.807, 2.05) is 6.92 Å². The van der Waals surface area contributed by atoms with Gasteiger partial charge in [-0.2, -0.15) is 5.21 Å². The third-order valence-corrected chi connectivity index (χ3v) is 2.32. The zero-order valence-corrected chi connectivity index (χ0v) is 10.6. The highest BCUT2D eigenvalue weighted by Gasteiger charge is 2.16. The van der Waals surface area contributed by atoms with Crippen LogP contribution >= 0.6 is 0 Å². The van der Waals surface area contributed by atoms with Crippen LogP contribution in [0.4, 0.5) is 5.82 Å². The van der Waals surface area contributed by atoms with Gasteiger partial charge in [0, 0.05) is 6.54 Å². The van der Waals surface area contributed by atoms with E-state index in [0.29, 0.717) is 18.2 Å². The van der Waals surface area contributed by atoms with Gasteiger partial charge in [-0.3, -0.25) is 9.78 Å². The summed E-state index contributed by atoms with van der Waals surface area (Å²) in [5, 5.41) is 19.1. The number of nitrogens with zero attached hydrogens (tertiary/aromatic N) is 5. The molecule has 0 radical (unpaired) electrons. The molecule has 2 aromatic heterocycles. The van der Waals surface area contributed by atoms with Crippen LogP contribution in [0.5, 0.6) is 0 Å². The number of amides is 1. The van der Waals surface area contributed by atoms with Gasteiger partial charge in [0.1, 0.15) is 11.5 Å². The summed E-state index contributed by atoms with van der Waals surface area (Å²) in [5.74, 6) is 0.621. The Kier molecular flexibility index (Phi) is 3.96. The molecule has 0 aliphatic rings. The van der Waals surface area contributed by atoms with Crippen LogP contribution in [-0.2, 0) is 0 Å². The maximum Gasteiger partial charge on any atom is 0.272 e. The molecule has 19 heavy (non-hydrogen) atoms. The molecule has 1 atom stereocenters. The largest absolute Gasteiger partial charge is 0.369 e. The van der Waals surface area contributed by atoms with E-state index in [4.69, 9.17) is 0 Å². The van der Waals surface area contributed by atoms with Crippen molar-refractivity contribution in [3.05, 3.63) is 23.9 Å². The van der Waals surface area contributed by atoms with Crippen LogP contribution in [0.3, 0.4) is 0 Å². The van der Waals surface area contributed by atoms with Gasteiger partial charge in [-0.05, 0) is 13.8 Å². The Balaban J connectivity index is 2.05. The van der Waals surface area contributed by atoms with Crippen LogP contribution in [0.1, 0.15) is 36.2 Å². The normalized spacial score (nSPS) is 11.9. The molecule has 2 rings (SSSR count). The predicted molar refractivity (Wildman–Crippen MR) is 66.3 cm³/mol. The first-order chi connectivity index (χ1) is 9.20. The minimum absolute atomic E-state index is 0.230. The topological polar surface area (TPSA) is 121 Å². The highest BCUT2D eigenvalue weighted by atomic mass is 16.2. The highest BCUT2D eigenvalue weighted by molar-refractivity contribution is 5.92. The van der Waals surface area contributed by atoms with Gasteiger partial charge >= 0.3 is 0 Å². The minimum atomic E-state index is -0.365. The Hall–Kier alpha value is -2.58. The lowest BCUT2D eigenvalue weighted by molar-refractivity contribution is 0.0933. The highest BCUT2D eigenvalue weighted by Crippen LogP contribution is 2.06. The molecular weight excluding hydrogens is 248 g/mol. The van der Waals surface area contributed by atoms with Crippen molar-refractivity contribution in [3.8, 4) is 0 Å². The molecule has 1 unspecified atom stereocenters. The monoisotopic (exact) mass is 262 g/mol. The standard InChI is InChI=1S/C10H14N8O/c1-3-12-8-5-11-4-7(14-8)10(19)13-6(2)9-15-17-18-16-9/h4-6H,3H2,1-2H3,(H,12,14)(H,13,19)(H,15,16,17,18). The second-order valence-corrected chi connectivity index (χ2v) is 3.79. The molecule has 0 fully saturated rings. The summed E-state index contributed by atoms with van der Waals surface area (Å²) in [6, 6.07) is -0.365. The zero-order chi connectivity index (χ0) is 13.7. The number of anilines is 1. The van der Waals surface area contributed by atoms with Crippen LogP contribution in [-0.4, -0.2) is 43.0 Å². The first-order valence-electron chi connectivity index (χ1n) is 5.80. The molecule has 9 heteroatoms. The summed E-state index contributed by atoms with van der Waals surface area (Å²) >= 11 is 0. The summed E-state index contributed by atoms with van der Waals surface area (Å²) in [6.45, 7) is 4.40. The molecule has 2 heterocycles. The van der Waals surface area contributed by atoms with Crippen LogP contribution in [0.15, 0.2) is 12.4 Å². The summed E-state index contributed by atoms with van der Waals surface area (Å²) in [7, 11) is 0. The summed E-state index contributed by atoms with van der Waals surface area (Å²) < 4.78 is 0. The fourth-order valence-corrected chi connectivity index (χ4v) is 1.43. The Morgan fingerprint density at radius 2 is 2.32 bits per heavy atom. The maximum absolute atomic E-state index is 12.0. The zero-order valence-electron chi connectivity index (χ0n) is 10.6. The van der Waals surface area contributed by atoms with Crippen molar-refractivity contribution in [3.63, 3.8) is 0 Å². The average molecular weight is 262 g/mol. The number of H-pyrrole nitrogens is 1. The molecular formula is C10H14N8O. The van der Waals surface area contributed by atoms with E-state index in [0.717, 1.165) is 0 Å². The Morgan fingerprint density at radius 3 is 3.00 bits per heavy atom. The Morgan fingerprint density at radius 1 is 1.47 bits per heavy atom. The smallest absolute Gasteiger partial charge is 0.272 e. The van der Waals surface area contributed by atoms with Crippen molar-refractivity contribution < 1.29 is 4.79 Å². The van der Waals surface area contributed by atoms with Crippen molar-refractivity contribution in [2.24, 2.45) is 0 Å². The number of hydrogen-bond acceptors (Lipinski definition) is 7. The SMILES string of the molecule is CCNc1cncc(C(=O)NC(C)c2nn[nH]n2)n1. The predicted octanol–water partition coefficient (Wildman–Crippen LogP) is -0.0875. The van der Waals surface area contributed by atoms with E-state index in [2.05, 4.69) is 41.2 Å². The lowest BCUT2D eigenvalue weighted by Crippen LogP contribution is -2.28. The van der Waals surface area contributed by atoms with E-state index >= 15 is 0 Å². The molecule has 0 aliphatic heterocycles. The molecule has 0 saturated carbocycles. The third-order valence-electron chi connectivity index (χ3n) is 2.32. The summed E-state index contributed by atoms with van der Waals surface area (Å²) in [5.41, 5.74) is 0.230. The van der Waals surface area contributed by atoms with Gasteiger partial charge < -0.3 is 10.6 Å². The van der Waals surface area contributed by atoms with Crippen molar-refractivity contribution in [1.82, 2.24) is 35.9 Å². The molecule has 1 amide bonds. The van der Waals surface area contributed by atoms with E-state index in [1.54, 1.807) is 13.1 Å². The van der Waals surface area contributed by atoms with Crippen LogP contribution in [0, 0.1) is 0 Å². The fourth-order valence-electron chi connectivity index (χ4n) is 1.43. The van der Waals surface area contributed by atoms with Crippen LogP contribution in [0.2, 0.25) is 0 Å². The molecule has 0 spiro atoms. The minimum Gasteiger partial charge on any atom is -0.369 e. The lowest BCUT2D eigenvalue weighted by Gasteiger charge is -2.10. The number of aromatic nitrogens is 6. The number of carbonyl (C=O) groups excluding carboxylic acids is 1. The van der Waals surface area contributed by atoms with Crippen molar-refractivity contribution in [2.75, 3.05) is 11.9 Å². The number of rotatable bonds is 5. The van der Waals surface area contributed by atoms with Gasteiger partial charge in [0.25, 0.3) is 5.91 Å². The molecule has 9 nitrogen and oxygen atoms in total. The molecule has 2 aromatic rings. The number of tetrazole rings is 1. The van der Waals surface area contributed by atoms with Gasteiger partial charge in [-0.1, -0.05) is 5.21 Å². The van der Waals surface area contributed by atoms with E-state index in [-0.39, 0.29) is 17.6 Å². The van der Waals surface area contributed by atoms with Crippen molar-refractivity contribution in [1.29, 1.82) is 0 Å². The van der Waals surface area contributed by atoms with E-state index in [1.165, 1.54) is 6.20 Å². The molecule has 0 saturated heterocycles. The van der Waals surface area contributed by atoms with Gasteiger partial charge in [0.05, 0.1) is 18.4 Å². The van der Waals surface area contributed by atoms with Gasteiger partial charge in [0.15, 0.2) is 5.82 Å². The third kappa shape index (κ3) is 3.21. The number of aromatic amines is 1. The summed E-state index contributed by atoms with van der Waals surface area (Å²) in [4.78, 5) is 20.1. The van der Waals surface area contributed by atoms with E-state index < -0.39 is 0 Å². The number of hydrogen-bond donors (Lipinski definition) is 3. The Bertz CT molecular complexity index is 540. The first kappa shape index (κ1) is 12.9. The molecule has 3 N–H and O–H groups in total. The number of carbonyl (C=O) groups is 1. The lowest BCUT2D eigenvalue weighted by atomic mass is 10.3. The van der Waals surface area contributed by atoms with Gasteiger partial charge in [0.2, 0.25) is 0 Å². The second kappa shape index (κ2) is 5.85. The van der Waals surface area contributed by atoms with Gasteiger partial charge in [-0.25, -0.2) is 4.98 Å². The van der Waals surface area contributed by atoms with E-state index in [9.17, 15) is 4.79 Å². The molecule has 0 bridgehead atoms. The summed E-state index contributed by atoms with van der Waals surface area (Å²) in [6.07, 6.45) is 2.96.